The van der Waals surface area contributed by atoms with Gasteiger partial charge in [-0.3, -0.25) is 10.1 Å². The number of hydrogen-bond acceptors (Lipinski definition) is 6. The van der Waals surface area contributed by atoms with Gasteiger partial charge in [-0.05, 0) is 17.9 Å². The van der Waals surface area contributed by atoms with E-state index in [4.69, 9.17) is 4.74 Å². The van der Waals surface area contributed by atoms with Crippen molar-refractivity contribution in [2.75, 3.05) is 11.5 Å². The van der Waals surface area contributed by atoms with Gasteiger partial charge in [-0.15, -0.1) is 11.3 Å². The third-order valence-electron chi connectivity index (χ3n) is 2.42. The van der Waals surface area contributed by atoms with Crippen LogP contribution >= 0.6 is 11.3 Å². The van der Waals surface area contributed by atoms with Crippen LogP contribution in [0.1, 0.15) is 16.1 Å². The van der Waals surface area contributed by atoms with Gasteiger partial charge in [0.15, 0.2) is 9.84 Å². The summed E-state index contributed by atoms with van der Waals surface area (Å²) in [7, 11) is -3.10. The standard InChI is InChI=1S/C10H11NO5S2/c12-9(8-2-1-4-17-8)11-10(13)16-7-3-5-18(14,15)6-7/h1-2,4,7H,3,5-6H2,(H,11,12,13). The van der Waals surface area contributed by atoms with Crippen molar-refractivity contribution in [1.29, 1.82) is 0 Å². The van der Waals surface area contributed by atoms with Crippen molar-refractivity contribution < 1.29 is 22.7 Å². The Balaban J connectivity index is 1.85. The maximum Gasteiger partial charge on any atom is 0.414 e. The minimum absolute atomic E-state index is 0.0177. The van der Waals surface area contributed by atoms with Gasteiger partial charge in [0, 0.05) is 0 Å². The van der Waals surface area contributed by atoms with E-state index < -0.39 is 27.9 Å². The minimum atomic E-state index is -3.10. The zero-order valence-corrected chi connectivity index (χ0v) is 10.9. The van der Waals surface area contributed by atoms with E-state index in [-0.39, 0.29) is 17.9 Å². The van der Waals surface area contributed by atoms with Gasteiger partial charge in [0.25, 0.3) is 5.91 Å². The molecule has 2 amide bonds. The minimum Gasteiger partial charge on any atom is -0.445 e. The summed E-state index contributed by atoms with van der Waals surface area (Å²) in [6.45, 7) is 0. The lowest BCUT2D eigenvalue weighted by atomic mass is 10.3. The number of alkyl carbamates (subject to hydrolysis) is 1. The third-order valence-corrected chi connectivity index (χ3v) is 5.03. The normalized spacial score (nSPS) is 21.4. The molecule has 18 heavy (non-hydrogen) atoms. The highest BCUT2D eigenvalue weighted by Crippen LogP contribution is 2.15. The van der Waals surface area contributed by atoms with E-state index in [1.165, 1.54) is 11.3 Å². The second-order valence-corrected chi connectivity index (χ2v) is 7.04. The molecule has 0 aromatic carbocycles. The van der Waals surface area contributed by atoms with Gasteiger partial charge >= 0.3 is 6.09 Å². The van der Waals surface area contributed by atoms with Gasteiger partial charge in [-0.25, -0.2) is 13.2 Å². The first-order chi connectivity index (χ1) is 8.46. The van der Waals surface area contributed by atoms with Gasteiger partial charge in [0.05, 0.1) is 16.4 Å². The van der Waals surface area contributed by atoms with Crippen LogP contribution in [0.15, 0.2) is 17.5 Å². The molecule has 1 saturated heterocycles. The number of amides is 2. The Morgan fingerprint density at radius 2 is 2.22 bits per heavy atom. The zero-order valence-electron chi connectivity index (χ0n) is 9.29. The van der Waals surface area contributed by atoms with Crippen LogP contribution in [-0.4, -0.2) is 38.0 Å². The molecular weight excluding hydrogens is 278 g/mol. The molecule has 1 aromatic heterocycles. The van der Waals surface area contributed by atoms with Crippen molar-refractivity contribution >= 4 is 33.2 Å². The lowest BCUT2D eigenvalue weighted by Gasteiger charge is -2.09. The number of ether oxygens (including phenoxy) is 1. The molecular formula is C10H11NO5S2. The highest BCUT2D eigenvalue weighted by molar-refractivity contribution is 7.91. The van der Waals surface area contributed by atoms with Crippen LogP contribution in [0, 0.1) is 0 Å². The van der Waals surface area contributed by atoms with Gasteiger partial charge in [0.1, 0.15) is 6.10 Å². The van der Waals surface area contributed by atoms with E-state index >= 15 is 0 Å². The highest BCUT2D eigenvalue weighted by Gasteiger charge is 2.31. The number of thiophene rings is 1. The van der Waals surface area contributed by atoms with Crippen LogP contribution in [0.5, 0.6) is 0 Å². The number of nitrogens with one attached hydrogen (secondary N) is 1. The second kappa shape index (κ2) is 5.07. The third kappa shape index (κ3) is 3.30. The van der Waals surface area contributed by atoms with Crippen LogP contribution in [0.3, 0.4) is 0 Å². The molecule has 0 aliphatic carbocycles. The maximum absolute atomic E-state index is 11.5. The molecule has 6 nitrogen and oxygen atoms in total. The Morgan fingerprint density at radius 3 is 2.78 bits per heavy atom. The van der Waals surface area contributed by atoms with E-state index in [2.05, 4.69) is 5.32 Å². The van der Waals surface area contributed by atoms with Gasteiger partial charge in [-0.1, -0.05) is 6.07 Å². The Bertz CT molecular complexity index is 549. The van der Waals surface area contributed by atoms with E-state index in [0.717, 1.165) is 0 Å². The average molecular weight is 289 g/mol. The van der Waals surface area contributed by atoms with E-state index in [1.807, 2.05) is 0 Å². The van der Waals surface area contributed by atoms with Crippen molar-refractivity contribution in [1.82, 2.24) is 5.32 Å². The molecule has 1 unspecified atom stereocenters. The number of hydrogen-bond donors (Lipinski definition) is 1. The Morgan fingerprint density at radius 1 is 1.44 bits per heavy atom. The fourth-order valence-corrected chi connectivity index (χ4v) is 3.81. The van der Waals surface area contributed by atoms with Gasteiger partial charge in [-0.2, -0.15) is 0 Å². The fraction of sp³-hybridized carbons (Fsp3) is 0.400. The van der Waals surface area contributed by atoms with Crippen LogP contribution in [0.4, 0.5) is 4.79 Å². The van der Waals surface area contributed by atoms with Crippen LogP contribution in [0.2, 0.25) is 0 Å². The second-order valence-electron chi connectivity index (χ2n) is 3.86. The van der Waals surface area contributed by atoms with Crippen molar-refractivity contribution in [2.45, 2.75) is 12.5 Å². The van der Waals surface area contributed by atoms with Crippen molar-refractivity contribution in [3.63, 3.8) is 0 Å². The largest absolute Gasteiger partial charge is 0.445 e. The molecule has 0 spiro atoms. The molecule has 8 heteroatoms. The Labute approximate surface area is 108 Å². The van der Waals surface area contributed by atoms with E-state index in [1.54, 1.807) is 17.5 Å². The summed E-state index contributed by atoms with van der Waals surface area (Å²) in [6, 6.07) is 3.27. The molecule has 1 aliphatic heterocycles. The van der Waals surface area contributed by atoms with Crippen LogP contribution in [0.25, 0.3) is 0 Å². The smallest absolute Gasteiger partial charge is 0.414 e. The summed E-state index contributed by atoms with van der Waals surface area (Å²) in [5.41, 5.74) is 0. The quantitative estimate of drug-likeness (QED) is 0.870. The van der Waals surface area contributed by atoms with E-state index in [9.17, 15) is 18.0 Å². The summed E-state index contributed by atoms with van der Waals surface area (Å²) < 4.78 is 27.2. The maximum atomic E-state index is 11.5. The molecule has 1 aromatic rings. The van der Waals surface area contributed by atoms with E-state index in [0.29, 0.717) is 4.88 Å². The first-order valence-corrected chi connectivity index (χ1v) is 7.92. The summed E-state index contributed by atoms with van der Waals surface area (Å²) in [6.07, 6.45) is -1.29. The molecule has 0 bridgehead atoms. The number of sulfone groups is 1. The molecule has 2 rings (SSSR count). The number of rotatable bonds is 2. The van der Waals surface area contributed by atoms with Crippen LogP contribution in [-0.2, 0) is 14.6 Å². The Kier molecular flexibility index (Phi) is 3.67. The fourth-order valence-electron chi connectivity index (χ4n) is 1.60. The summed E-state index contributed by atoms with van der Waals surface area (Å²) in [4.78, 5) is 23.3. The molecule has 0 radical (unpaired) electrons. The van der Waals surface area contributed by atoms with Crippen molar-refractivity contribution in [3.8, 4) is 0 Å². The Hall–Kier alpha value is -1.41. The summed E-state index contributed by atoms with van der Waals surface area (Å²) >= 11 is 1.20. The predicted molar refractivity (Wildman–Crippen MR) is 65.3 cm³/mol. The molecule has 0 saturated carbocycles. The monoisotopic (exact) mass is 289 g/mol. The summed E-state index contributed by atoms with van der Waals surface area (Å²) in [5, 5.41) is 3.76. The molecule has 2 heterocycles. The lowest BCUT2D eigenvalue weighted by molar-refractivity contribution is 0.0866. The van der Waals surface area contributed by atoms with Gasteiger partial charge < -0.3 is 4.74 Å². The zero-order chi connectivity index (χ0) is 13.2. The van der Waals surface area contributed by atoms with Gasteiger partial charge in [0.2, 0.25) is 0 Å². The average Bonchev–Trinajstić information content (AvgIpc) is 2.87. The van der Waals surface area contributed by atoms with Crippen LogP contribution < -0.4 is 5.32 Å². The predicted octanol–water partition coefficient (Wildman–Crippen LogP) is 0.802. The molecule has 1 aliphatic rings. The first-order valence-electron chi connectivity index (χ1n) is 5.22. The number of carbonyl (C=O) groups excluding carboxylic acids is 2. The lowest BCUT2D eigenvalue weighted by Crippen LogP contribution is -2.33. The molecule has 98 valence electrons. The van der Waals surface area contributed by atoms with Crippen molar-refractivity contribution in [2.24, 2.45) is 0 Å². The van der Waals surface area contributed by atoms with Crippen molar-refractivity contribution in [3.05, 3.63) is 22.4 Å². The topological polar surface area (TPSA) is 89.5 Å². The summed E-state index contributed by atoms with van der Waals surface area (Å²) in [5.74, 6) is -0.701. The highest BCUT2D eigenvalue weighted by atomic mass is 32.2. The molecule has 1 N–H and O–H groups in total. The molecule has 1 fully saturated rings. The first kappa shape index (κ1) is 13.0. The molecule has 1 atom stereocenters. The number of carbonyl (C=O) groups is 2. The number of imide groups is 1. The SMILES string of the molecule is O=C(NC(=O)c1cccs1)OC1CCS(=O)(=O)C1.